The molecular weight excluding hydrogens is 216 g/mol. The van der Waals surface area contributed by atoms with Crippen molar-refractivity contribution in [3.05, 3.63) is 35.4 Å². The molecule has 3 nitrogen and oxygen atoms in total. The van der Waals surface area contributed by atoms with Crippen molar-refractivity contribution in [2.24, 2.45) is 0 Å². The number of rotatable bonds is 3. The Labute approximate surface area is 101 Å². The third kappa shape index (κ3) is 2.68. The van der Waals surface area contributed by atoms with Gasteiger partial charge in [-0.05, 0) is 37.1 Å². The van der Waals surface area contributed by atoms with Crippen molar-refractivity contribution < 1.29 is 14.9 Å². The van der Waals surface area contributed by atoms with Crippen molar-refractivity contribution in [1.29, 1.82) is 0 Å². The fourth-order valence-corrected chi connectivity index (χ4v) is 1.95. The second-order valence-electron chi connectivity index (χ2n) is 4.92. The van der Waals surface area contributed by atoms with Gasteiger partial charge < -0.3 is 14.9 Å². The first-order valence-electron chi connectivity index (χ1n) is 5.80. The molecule has 0 spiro atoms. The van der Waals surface area contributed by atoms with Gasteiger partial charge in [0.05, 0.1) is 12.2 Å². The summed E-state index contributed by atoms with van der Waals surface area (Å²) in [6, 6.07) is 5.89. The van der Waals surface area contributed by atoms with Gasteiger partial charge in [0.15, 0.2) is 0 Å². The van der Waals surface area contributed by atoms with Crippen molar-refractivity contribution >= 4 is 6.08 Å². The van der Waals surface area contributed by atoms with E-state index in [4.69, 9.17) is 9.84 Å². The SMILES string of the molecule is CC(C)(O)[C@@H]1Cc2cc(/C=C/CO)ccc2O1. The first-order chi connectivity index (χ1) is 8.00. The number of hydrogen-bond acceptors (Lipinski definition) is 3. The van der Waals surface area contributed by atoms with E-state index in [1.54, 1.807) is 19.9 Å². The molecule has 0 bridgehead atoms. The summed E-state index contributed by atoms with van der Waals surface area (Å²) in [5, 5.41) is 18.7. The maximum absolute atomic E-state index is 9.93. The second-order valence-corrected chi connectivity index (χ2v) is 4.92. The molecule has 1 aromatic rings. The van der Waals surface area contributed by atoms with Crippen LogP contribution in [0.4, 0.5) is 0 Å². The zero-order valence-electron chi connectivity index (χ0n) is 10.2. The lowest BCUT2D eigenvalue weighted by atomic mass is 9.96. The topological polar surface area (TPSA) is 49.7 Å². The van der Waals surface area contributed by atoms with Gasteiger partial charge in [-0.15, -0.1) is 0 Å². The normalized spacial score (nSPS) is 19.4. The minimum absolute atomic E-state index is 0.0415. The summed E-state index contributed by atoms with van der Waals surface area (Å²) in [6.07, 6.45) is 4.11. The van der Waals surface area contributed by atoms with Gasteiger partial charge in [-0.1, -0.05) is 18.2 Å². The Bertz CT molecular complexity index is 430. The smallest absolute Gasteiger partial charge is 0.131 e. The Morgan fingerprint density at radius 1 is 1.47 bits per heavy atom. The number of benzene rings is 1. The fourth-order valence-electron chi connectivity index (χ4n) is 1.95. The van der Waals surface area contributed by atoms with Gasteiger partial charge in [0, 0.05) is 6.42 Å². The molecule has 0 amide bonds. The molecule has 1 aliphatic rings. The minimum Gasteiger partial charge on any atom is -0.487 e. The maximum atomic E-state index is 9.93. The average molecular weight is 234 g/mol. The Morgan fingerprint density at radius 2 is 2.24 bits per heavy atom. The lowest BCUT2D eigenvalue weighted by Crippen LogP contribution is -2.39. The van der Waals surface area contributed by atoms with E-state index >= 15 is 0 Å². The van der Waals surface area contributed by atoms with Crippen molar-refractivity contribution in [2.45, 2.75) is 32.0 Å². The van der Waals surface area contributed by atoms with Gasteiger partial charge in [0.25, 0.3) is 0 Å². The van der Waals surface area contributed by atoms with E-state index in [9.17, 15) is 5.11 Å². The molecule has 1 atom stereocenters. The van der Waals surface area contributed by atoms with Crippen molar-refractivity contribution in [3.8, 4) is 5.75 Å². The van der Waals surface area contributed by atoms with E-state index in [-0.39, 0.29) is 12.7 Å². The van der Waals surface area contributed by atoms with E-state index in [0.717, 1.165) is 23.3 Å². The lowest BCUT2D eigenvalue weighted by molar-refractivity contribution is -0.0229. The highest BCUT2D eigenvalue weighted by atomic mass is 16.5. The van der Waals surface area contributed by atoms with Crippen LogP contribution in [0.25, 0.3) is 6.08 Å². The van der Waals surface area contributed by atoms with Crippen LogP contribution in [-0.4, -0.2) is 28.5 Å². The molecule has 2 N–H and O–H groups in total. The van der Waals surface area contributed by atoms with E-state index in [2.05, 4.69) is 0 Å². The molecule has 3 heteroatoms. The number of fused-ring (bicyclic) bond motifs is 1. The number of ether oxygens (including phenoxy) is 1. The molecule has 0 aliphatic carbocycles. The van der Waals surface area contributed by atoms with Crippen LogP contribution in [0.1, 0.15) is 25.0 Å². The fraction of sp³-hybridized carbons (Fsp3) is 0.429. The highest BCUT2D eigenvalue weighted by Crippen LogP contribution is 2.33. The standard InChI is InChI=1S/C14H18O3/c1-14(2,16)13-9-11-8-10(4-3-7-15)5-6-12(11)17-13/h3-6,8,13,15-16H,7,9H2,1-2H3/b4-3+/t13-/m0/s1. The minimum atomic E-state index is -0.833. The van der Waals surface area contributed by atoms with Crippen molar-refractivity contribution in [3.63, 3.8) is 0 Å². The number of aliphatic hydroxyl groups is 2. The van der Waals surface area contributed by atoms with E-state index in [0.29, 0.717) is 0 Å². The quantitative estimate of drug-likeness (QED) is 0.838. The largest absolute Gasteiger partial charge is 0.487 e. The molecule has 0 saturated carbocycles. The summed E-state index contributed by atoms with van der Waals surface area (Å²) < 4.78 is 5.71. The molecule has 0 saturated heterocycles. The zero-order chi connectivity index (χ0) is 12.5. The van der Waals surface area contributed by atoms with Crippen LogP contribution in [0.5, 0.6) is 5.75 Å². The number of hydrogen-bond donors (Lipinski definition) is 2. The lowest BCUT2D eigenvalue weighted by Gasteiger charge is -2.24. The third-order valence-electron chi connectivity index (χ3n) is 2.96. The molecule has 0 radical (unpaired) electrons. The average Bonchev–Trinajstić information content (AvgIpc) is 2.68. The van der Waals surface area contributed by atoms with Crippen LogP contribution >= 0.6 is 0 Å². The van der Waals surface area contributed by atoms with Crippen LogP contribution in [0.15, 0.2) is 24.3 Å². The molecule has 17 heavy (non-hydrogen) atoms. The van der Waals surface area contributed by atoms with Gasteiger partial charge in [-0.25, -0.2) is 0 Å². The van der Waals surface area contributed by atoms with Gasteiger partial charge >= 0.3 is 0 Å². The van der Waals surface area contributed by atoms with Crippen LogP contribution in [0.2, 0.25) is 0 Å². The van der Waals surface area contributed by atoms with E-state index in [1.165, 1.54) is 0 Å². The van der Waals surface area contributed by atoms with E-state index < -0.39 is 5.60 Å². The Hall–Kier alpha value is -1.32. The molecule has 1 aromatic carbocycles. The number of aliphatic hydroxyl groups excluding tert-OH is 1. The third-order valence-corrected chi connectivity index (χ3v) is 2.96. The van der Waals surface area contributed by atoms with E-state index in [1.807, 2.05) is 24.3 Å². The summed E-state index contributed by atoms with van der Waals surface area (Å²) in [6.45, 7) is 3.56. The molecule has 0 fully saturated rings. The van der Waals surface area contributed by atoms with Crippen LogP contribution in [-0.2, 0) is 6.42 Å². The maximum Gasteiger partial charge on any atom is 0.131 e. The predicted octanol–water partition coefficient (Wildman–Crippen LogP) is 1.77. The van der Waals surface area contributed by atoms with Crippen LogP contribution in [0.3, 0.4) is 0 Å². The molecular formula is C14H18O3. The zero-order valence-corrected chi connectivity index (χ0v) is 10.2. The monoisotopic (exact) mass is 234 g/mol. The summed E-state index contributed by atoms with van der Waals surface area (Å²) >= 11 is 0. The summed E-state index contributed by atoms with van der Waals surface area (Å²) in [5.41, 5.74) is 1.31. The Balaban J connectivity index is 2.19. The second kappa shape index (κ2) is 4.51. The van der Waals surface area contributed by atoms with Gasteiger partial charge in [-0.3, -0.25) is 0 Å². The summed E-state index contributed by atoms with van der Waals surface area (Å²) in [5.74, 6) is 0.846. The highest BCUT2D eigenvalue weighted by molar-refractivity contribution is 5.54. The first kappa shape index (κ1) is 12.1. The van der Waals surface area contributed by atoms with Gasteiger partial charge in [-0.2, -0.15) is 0 Å². The van der Waals surface area contributed by atoms with Crippen molar-refractivity contribution in [1.82, 2.24) is 0 Å². The Kier molecular flexibility index (Phi) is 3.22. The molecule has 2 rings (SSSR count). The molecule has 1 aliphatic heterocycles. The predicted molar refractivity (Wildman–Crippen MR) is 67.0 cm³/mol. The van der Waals surface area contributed by atoms with Gasteiger partial charge in [0.2, 0.25) is 0 Å². The van der Waals surface area contributed by atoms with Crippen molar-refractivity contribution in [2.75, 3.05) is 6.61 Å². The molecule has 0 aromatic heterocycles. The highest BCUT2D eigenvalue weighted by Gasteiger charge is 2.34. The molecule has 92 valence electrons. The summed E-state index contributed by atoms with van der Waals surface area (Å²) in [7, 11) is 0. The van der Waals surface area contributed by atoms with Crippen LogP contribution in [0, 0.1) is 0 Å². The molecule has 0 unspecified atom stereocenters. The first-order valence-corrected chi connectivity index (χ1v) is 5.80. The Morgan fingerprint density at radius 3 is 2.88 bits per heavy atom. The summed E-state index contributed by atoms with van der Waals surface area (Å²) in [4.78, 5) is 0. The molecule has 1 heterocycles. The van der Waals surface area contributed by atoms with Gasteiger partial charge in [0.1, 0.15) is 11.9 Å². The van der Waals surface area contributed by atoms with Crippen LogP contribution < -0.4 is 4.74 Å².